The summed E-state index contributed by atoms with van der Waals surface area (Å²) in [7, 11) is 1.52. The molecule has 0 aromatic carbocycles. The second-order valence-electron chi connectivity index (χ2n) is 3.22. The molecule has 0 N–H and O–H groups in total. The smallest absolute Gasteiger partial charge is 0.310 e. The third kappa shape index (κ3) is 1.72. The van der Waals surface area contributed by atoms with Crippen molar-refractivity contribution in [1.29, 1.82) is 0 Å². The summed E-state index contributed by atoms with van der Waals surface area (Å²) in [5.74, 6) is -0.291. The Bertz CT molecular complexity index is 234. The van der Waals surface area contributed by atoms with E-state index >= 15 is 0 Å². The predicted molar refractivity (Wildman–Crippen MR) is 45.8 cm³/mol. The third-order valence-corrected chi connectivity index (χ3v) is 2.70. The number of carbonyl (C=O) groups excluding carboxylic acids is 1. The van der Waals surface area contributed by atoms with Crippen molar-refractivity contribution in [3.63, 3.8) is 0 Å². The Morgan fingerprint density at radius 1 is 1.64 bits per heavy atom. The molecule has 0 spiro atoms. The van der Waals surface area contributed by atoms with Crippen LogP contribution in [0.1, 0.15) is 6.42 Å². The molecule has 2 heterocycles. The highest BCUT2D eigenvalue weighted by atomic mass is 35.5. The minimum absolute atomic E-state index is 0.134. The van der Waals surface area contributed by atoms with Crippen LogP contribution in [0.2, 0.25) is 0 Å². The van der Waals surface area contributed by atoms with E-state index in [0.29, 0.717) is 0 Å². The summed E-state index contributed by atoms with van der Waals surface area (Å²) in [5, 5.41) is -0.457. The fourth-order valence-corrected chi connectivity index (χ4v) is 1.98. The first-order valence-corrected chi connectivity index (χ1v) is 4.75. The van der Waals surface area contributed by atoms with Gasteiger partial charge >= 0.3 is 5.97 Å². The Balaban J connectivity index is 2.00. The van der Waals surface area contributed by atoms with Crippen LogP contribution in [0.4, 0.5) is 0 Å². The Kier molecular flexibility index (Phi) is 2.92. The lowest BCUT2D eigenvalue weighted by atomic mass is 10.1. The number of fused-ring (bicyclic) bond motifs is 2. The van der Waals surface area contributed by atoms with Gasteiger partial charge in [-0.05, 0) is 0 Å². The van der Waals surface area contributed by atoms with Crippen LogP contribution in [-0.2, 0) is 23.7 Å². The largest absolute Gasteiger partial charge is 0.434 e. The van der Waals surface area contributed by atoms with Gasteiger partial charge in [-0.3, -0.25) is 4.79 Å². The van der Waals surface area contributed by atoms with Crippen LogP contribution in [0.25, 0.3) is 0 Å². The molecule has 0 unspecified atom stereocenters. The number of ether oxygens (including phenoxy) is 4. The average molecular weight is 223 g/mol. The van der Waals surface area contributed by atoms with E-state index in [1.54, 1.807) is 0 Å². The highest BCUT2D eigenvalue weighted by molar-refractivity contribution is 6.21. The summed E-state index contributed by atoms with van der Waals surface area (Å²) in [6.45, 7) is 0.134. The van der Waals surface area contributed by atoms with Crippen LogP contribution < -0.4 is 0 Å². The second kappa shape index (κ2) is 4.02. The zero-order valence-electron chi connectivity index (χ0n) is 7.64. The normalized spacial score (nSPS) is 41.1. The molecule has 2 aliphatic heterocycles. The lowest BCUT2D eigenvalue weighted by Gasteiger charge is -2.20. The molecule has 5 nitrogen and oxygen atoms in total. The van der Waals surface area contributed by atoms with Crippen LogP contribution in [0.3, 0.4) is 0 Å². The van der Waals surface area contributed by atoms with Crippen LogP contribution in [0.15, 0.2) is 0 Å². The molecule has 2 fully saturated rings. The minimum Gasteiger partial charge on any atom is -0.434 e. The zero-order chi connectivity index (χ0) is 10.1. The highest BCUT2D eigenvalue weighted by Gasteiger charge is 2.50. The Labute approximate surface area is 86.2 Å². The van der Waals surface area contributed by atoms with Crippen molar-refractivity contribution in [3.05, 3.63) is 0 Å². The van der Waals surface area contributed by atoms with Gasteiger partial charge in [0.2, 0.25) is 6.29 Å². The van der Waals surface area contributed by atoms with E-state index < -0.39 is 11.7 Å². The van der Waals surface area contributed by atoms with Crippen molar-refractivity contribution in [2.45, 2.75) is 30.3 Å². The molecule has 0 radical (unpaired) electrons. The quantitative estimate of drug-likeness (QED) is 0.389. The van der Waals surface area contributed by atoms with Gasteiger partial charge in [-0.2, -0.15) is 0 Å². The average Bonchev–Trinajstić information content (AvgIpc) is 2.37. The second-order valence-corrected chi connectivity index (χ2v) is 3.72. The lowest BCUT2D eigenvalue weighted by Crippen LogP contribution is -2.32. The van der Waals surface area contributed by atoms with Crippen molar-refractivity contribution in [3.8, 4) is 0 Å². The maximum absolute atomic E-state index is 11.0. The first-order chi connectivity index (χ1) is 6.72. The summed E-state index contributed by atoms with van der Waals surface area (Å²) in [5.41, 5.74) is 0. The molecular formula is C8H11ClO5. The minimum atomic E-state index is -0.676. The van der Waals surface area contributed by atoms with E-state index in [4.69, 9.17) is 30.5 Å². The standard InChI is InChI=1S/C8H11ClO5/c1-11-3-12-7-4-2-5(10)14-8(13-4)6(7)9/h4,6-8H,2-3H2,1H3/t4-,6+,7+,8+/m1/s1. The van der Waals surface area contributed by atoms with E-state index in [9.17, 15) is 4.79 Å². The van der Waals surface area contributed by atoms with Gasteiger partial charge in [0.15, 0.2) is 0 Å². The van der Waals surface area contributed by atoms with E-state index in [2.05, 4.69) is 0 Å². The molecule has 0 amide bonds. The molecule has 0 aromatic heterocycles. The molecule has 0 aliphatic carbocycles. The summed E-state index contributed by atoms with van der Waals surface area (Å²) in [4.78, 5) is 11.0. The number of methoxy groups -OCH3 is 1. The zero-order valence-corrected chi connectivity index (χ0v) is 8.40. The summed E-state index contributed by atoms with van der Waals surface area (Å²) in [6, 6.07) is 0. The topological polar surface area (TPSA) is 54.0 Å². The van der Waals surface area contributed by atoms with Gasteiger partial charge < -0.3 is 18.9 Å². The van der Waals surface area contributed by atoms with E-state index in [-0.39, 0.29) is 31.4 Å². The van der Waals surface area contributed by atoms with Crippen molar-refractivity contribution >= 4 is 17.6 Å². The molecule has 0 saturated carbocycles. The number of esters is 1. The van der Waals surface area contributed by atoms with Crippen molar-refractivity contribution in [1.82, 2.24) is 0 Å². The predicted octanol–water partition coefficient (Wildman–Crippen LogP) is 0.255. The molecule has 2 aliphatic rings. The maximum Gasteiger partial charge on any atom is 0.310 e. The van der Waals surface area contributed by atoms with Gasteiger partial charge in [0.05, 0.1) is 6.42 Å². The monoisotopic (exact) mass is 222 g/mol. The van der Waals surface area contributed by atoms with Gasteiger partial charge in [0, 0.05) is 7.11 Å². The van der Waals surface area contributed by atoms with Crippen LogP contribution in [0.5, 0.6) is 0 Å². The first-order valence-electron chi connectivity index (χ1n) is 4.32. The fourth-order valence-electron chi connectivity index (χ4n) is 1.63. The van der Waals surface area contributed by atoms with Crippen LogP contribution >= 0.6 is 11.6 Å². The molecule has 2 rings (SSSR count). The highest BCUT2D eigenvalue weighted by Crippen LogP contribution is 2.34. The Hall–Kier alpha value is -0.360. The number of halogens is 1. The number of alkyl halides is 1. The lowest BCUT2D eigenvalue weighted by molar-refractivity contribution is -0.198. The number of hydrogen-bond acceptors (Lipinski definition) is 5. The van der Waals surface area contributed by atoms with Crippen molar-refractivity contribution < 1.29 is 23.7 Å². The fraction of sp³-hybridized carbons (Fsp3) is 0.875. The summed E-state index contributed by atoms with van der Waals surface area (Å²) < 4.78 is 20.3. The van der Waals surface area contributed by atoms with Gasteiger partial charge in [0.1, 0.15) is 24.4 Å². The Morgan fingerprint density at radius 2 is 2.43 bits per heavy atom. The molecule has 2 bridgehead atoms. The molecule has 14 heavy (non-hydrogen) atoms. The molecule has 4 atom stereocenters. The van der Waals surface area contributed by atoms with Gasteiger partial charge in [-0.25, -0.2) is 0 Å². The van der Waals surface area contributed by atoms with Gasteiger partial charge in [-0.15, -0.1) is 11.6 Å². The summed E-state index contributed by atoms with van der Waals surface area (Å²) >= 11 is 6.00. The third-order valence-electron chi connectivity index (χ3n) is 2.24. The van der Waals surface area contributed by atoms with Crippen LogP contribution in [0, 0.1) is 0 Å². The molecule has 80 valence electrons. The van der Waals surface area contributed by atoms with Crippen LogP contribution in [-0.4, -0.2) is 43.7 Å². The van der Waals surface area contributed by atoms with Crippen molar-refractivity contribution in [2.24, 2.45) is 0 Å². The number of rotatable bonds is 3. The number of carbonyl (C=O) groups is 1. The van der Waals surface area contributed by atoms with E-state index in [0.717, 1.165) is 0 Å². The molecular weight excluding hydrogens is 212 g/mol. The maximum atomic E-state index is 11.0. The molecule has 0 aromatic rings. The summed E-state index contributed by atoms with van der Waals surface area (Å²) in [6.07, 6.45) is -1.13. The van der Waals surface area contributed by atoms with Gasteiger partial charge in [0.25, 0.3) is 0 Å². The van der Waals surface area contributed by atoms with Gasteiger partial charge in [-0.1, -0.05) is 0 Å². The Morgan fingerprint density at radius 3 is 3.14 bits per heavy atom. The molecule has 2 saturated heterocycles. The van der Waals surface area contributed by atoms with E-state index in [1.165, 1.54) is 7.11 Å². The van der Waals surface area contributed by atoms with E-state index in [1.807, 2.05) is 0 Å². The molecule has 6 heteroatoms. The first kappa shape index (κ1) is 10.2. The SMILES string of the molecule is COCO[C@@H]1[C@H](Cl)[C@@H]2OC(=O)C[C@H]1O2. The van der Waals surface area contributed by atoms with Crippen molar-refractivity contribution in [2.75, 3.05) is 13.9 Å². The number of hydrogen-bond donors (Lipinski definition) is 0.